The second kappa shape index (κ2) is 5.92. The molecule has 0 saturated carbocycles. The second-order valence-electron chi connectivity index (χ2n) is 5.46. The zero-order valence-electron chi connectivity index (χ0n) is 12.0. The van der Waals surface area contributed by atoms with Crippen LogP contribution in [0.15, 0.2) is 42.5 Å². The van der Waals surface area contributed by atoms with Crippen molar-refractivity contribution in [2.75, 3.05) is 26.7 Å². The molecule has 1 saturated heterocycles. The lowest BCUT2D eigenvalue weighted by Gasteiger charge is -2.28. The van der Waals surface area contributed by atoms with E-state index in [1.54, 1.807) is 7.11 Å². The molecule has 1 aliphatic rings. The monoisotopic (exact) mass is 270 g/mol. The minimum atomic E-state index is 0.279. The first-order chi connectivity index (χ1) is 9.83. The number of nitrogens with two attached hydrogens (primary N) is 1. The van der Waals surface area contributed by atoms with Crippen LogP contribution in [0, 0.1) is 0 Å². The van der Waals surface area contributed by atoms with Crippen LogP contribution in [-0.2, 0) is 4.74 Å². The standard InChI is InChI=1S/C17H22N2O/c1-20-14-9-10-19(12-14)17(11-18)16-8-4-6-13-5-2-3-7-15(13)16/h2-8,14,17H,9-12,18H2,1H3. The Bertz CT molecular complexity index is 579. The highest BCUT2D eigenvalue weighted by molar-refractivity contribution is 5.86. The second-order valence-corrected chi connectivity index (χ2v) is 5.46. The zero-order chi connectivity index (χ0) is 13.9. The molecule has 1 aliphatic heterocycles. The fourth-order valence-corrected chi connectivity index (χ4v) is 3.24. The molecule has 0 amide bonds. The molecule has 2 N–H and O–H groups in total. The minimum Gasteiger partial charge on any atom is -0.380 e. The van der Waals surface area contributed by atoms with Crippen LogP contribution < -0.4 is 5.73 Å². The molecule has 3 nitrogen and oxygen atoms in total. The smallest absolute Gasteiger partial charge is 0.0710 e. The summed E-state index contributed by atoms with van der Waals surface area (Å²) in [6.07, 6.45) is 1.44. The van der Waals surface area contributed by atoms with Crippen molar-refractivity contribution in [1.82, 2.24) is 4.90 Å². The van der Waals surface area contributed by atoms with Crippen molar-refractivity contribution in [1.29, 1.82) is 0 Å². The molecule has 0 spiro atoms. The van der Waals surface area contributed by atoms with Crippen LogP contribution in [0.4, 0.5) is 0 Å². The maximum Gasteiger partial charge on any atom is 0.0710 e. The lowest BCUT2D eigenvalue weighted by Crippen LogP contribution is -2.33. The first-order valence-corrected chi connectivity index (χ1v) is 7.28. The molecule has 2 aromatic rings. The summed E-state index contributed by atoms with van der Waals surface area (Å²) in [5.41, 5.74) is 7.42. The van der Waals surface area contributed by atoms with E-state index >= 15 is 0 Å². The zero-order valence-corrected chi connectivity index (χ0v) is 12.0. The van der Waals surface area contributed by atoms with E-state index in [1.807, 2.05) is 0 Å². The summed E-state index contributed by atoms with van der Waals surface area (Å²) in [7, 11) is 1.80. The fraction of sp³-hybridized carbons (Fsp3) is 0.412. The van der Waals surface area contributed by atoms with Crippen molar-refractivity contribution in [2.24, 2.45) is 5.73 Å². The van der Waals surface area contributed by atoms with E-state index < -0.39 is 0 Å². The van der Waals surface area contributed by atoms with Gasteiger partial charge in [-0.1, -0.05) is 42.5 Å². The molecule has 20 heavy (non-hydrogen) atoms. The van der Waals surface area contributed by atoms with Crippen molar-refractivity contribution in [3.05, 3.63) is 48.0 Å². The summed E-state index contributed by atoms with van der Waals surface area (Å²) in [5.74, 6) is 0. The predicted octanol–water partition coefficient (Wildman–Crippen LogP) is 2.56. The Morgan fingerprint density at radius 2 is 2.05 bits per heavy atom. The van der Waals surface area contributed by atoms with Gasteiger partial charge >= 0.3 is 0 Å². The summed E-state index contributed by atoms with van der Waals surface area (Å²) >= 11 is 0. The summed E-state index contributed by atoms with van der Waals surface area (Å²) in [6.45, 7) is 2.68. The molecule has 0 radical (unpaired) electrons. The molecule has 2 atom stereocenters. The Kier molecular flexibility index (Phi) is 4.01. The number of likely N-dealkylation sites (tertiary alicyclic amines) is 1. The molecule has 3 heteroatoms. The average molecular weight is 270 g/mol. The summed E-state index contributed by atoms with van der Waals surface area (Å²) in [6, 6.07) is 15.3. The normalized spacial score (nSPS) is 21.4. The molecule has 3 rings (SSSR count). The average Bonchev–Trinajstić information content (AvgIpc) is 2.97. The van der Waals surface area contributed by atoms with Gasteiger partial charge in [0.2, 0.25) is 0 Å². The van der Waals surface area contributed by atoms with Crippen LogP contribution in [0.2, 0.25) is 0 Å². The molecule has 0 aliphatic carbocycles. The Hall–Kier alpha value is -1.42. The van der Waals surface area contributed by atoms with Gasteiger partial charge in [-0.25, -0.2) is 0 Å². The largest absolute Gasteiger partial charge is 0.380 e. The van der Waals surface area contributed by atoms with Gasteiger partial charge in [0.05, 0.1) is 6.10 Å². The molecule has 2 aromatic carbocycles. The van der Waals surface area contributed by atoms with Crippen molar-refractivity contribution in [2.45, 2.75) is 18.6 Å². The summed E-state index contributed by atoms with van der Waals surface area (Å²) < 4.78 is 5.48. The molecule has 2 unspecified atom stereocenters. The molecule has 0 bridgehead atoms. The lowest BCUT2D eigenvalue weighted by atomic mass is 9.98. The number of hydrogen-bond acceptors (Lipinski definition) is 3. The van der Waals surface area contributed by atoms with Gasteiger partial charge in [0.25, 0.3) is 0 Å². The van der Waals surface area contributed by atoms with E-state index in [1.165, 1.54) is 16.3 Å². The van der Waals surface area contributed by atoms with Gasteiger partial charge in [-0.2, -0.15) is 0 Å². The minimum absolute atomic E-state index is 0.279. The number of hydrogen-bond donors (Lipinski definition) is 1. The van der Waals surface area contributed by atoms with E-state index in [-0.39, 0.29) is 6.04 Å². The van der Waals surface area contributed by atoms with Crippen LogP contribution in [0.1, 0.15) is 18.0 Å². The van der Waals surface area contributed by atoms with Crippen molar-refractivity contribution >= 4 is 10.8 Å². The maximum absolute atomic E-state index is 6.08. The Morgan fingerprint density at radius 1 is 1.25 bits per heavy atom. The van der Waals surface area contributed by atoms with Crippen LogP contribution in [0.3, 0.4) is 0 Å². The van der Waals surface area contributed by atoms with Gasteiger partial charge in [0, 0.05) is 32.8 Å². The van der Waals surface area contributed by atoms with Gasteiger partial charge in [-0.3, -0.25) is 4.90 Å². The first kappa shape index (κ1) is 13.6. The van der Waals surface area contributed by atoms with Crippen LogP contribution in [0.5, 0.6) is 0 Å². The Labute approximate surface area is 120 Å². The van der Waals surface area contributed by atoms with Crippen LogP contribution in [0.25, 0.3) is 10.8 Å². The maximum atomic E-state index is 6.08. The first-order valence-electron chi connectivity index (χ1n) is 7.28. The van der Waals surface area contributed by atoms with Gasteiger partial charge in [0.1, 0.15) is 0 Å². The van der Waals surface area contributed by atoms with E-state index in [4.69, 9.17) is 10.5 Å². The third-order valence-electron chi connectivity index (χ3n) is 4.36. The molecule has 1 heterocycles. The van der Waals surface area contributed by atoms with Crippen LogP contribution in [-0.4, -0.2) is 37.7 Å². The quantitative estimate of drug-likeness (QED) is 0.928. The van der Waals surface area contributed by atoms with Crippen molar-refractivity contribution in [3.63, 3.8) is 0 Å². The predicted molar refractivity (Wildman–Crippen MR) is 82.7 cm³/mol. The van der Waals surface area contributed by atoms with Crippen molar-refractivity contribution < 1.29 is 4.74 Å². The third-order valence-corrected chi connectivity index (χ3v) is 4.36. The van der Waals surface area contributed by atoms with E-state index in [9.17, 15) is 0 Å². The van der Waals surface area contributed by atoms with Gasteiger partial charge < -0.3 is 10.5 Å². The van der Waals surface area contributed by atoms with E-state index in [0.29, 0.717) is 12.6 Å². The highest BCUT2D eigenvalue weighted by Crippen LogP contribution is 2.30. The number of benzene rings is 2. The number of methoxy groups -OCH3 is 1. The lowest BCUT2D eigenvalue weighted by molar-refractivity contribution is 0.102. The fourth-order valence-electron chi connectivity index (χ4n) is 3.24. The van der Waals surface area contributed by atoms with Gasteiger partial charge in [-0.05, 0) is 22.8 Å². The van der Waals surface area contributed by atoms with Crippen LogP contribution >= 0.6 is 0 Å². The van der Waals surface area contributed by atoms with Gasteiger partial charge in [0.15, 0.2) is 0 Å². The molecule has 106 valence electrons. The molecular formula is C17H22N2O. The van der Waals surface area contributed by atoms with E-state index in [0.717, 1.165) is 19.5 Å². The number of rotatable bonds is 4. The number of ether oxygens (including phenoxy) is 1. The molecule has 1 fully saturated rings. The topological polar surface area (TPSA) is 38.5 Å². The number of fused-ring (bicyclic) bond motifs is 1. The SMILES string of the molecule is COC1CCN(C(CN)c2cccc3ccccc23)C1. The Morgan fingerprint density at radius 3 is 2.80 bits per heavy atom. The van der Waals surface area contributed by atoms with Gasteiger partial charge in [-0.15, -0.1) is 0 Å². The highest BCUT2D eigenvalue weighted by atomic mass is 16.5. The Balaban J connectivity index is 1.95. The highest BCUT2D eigenvalue weighted by Gasteiger charge is 2.28. The summed E-state index contributed by atoms with van der Waals surface area (Å²) in [4.78, 5) is 2.45. The van der Waals surface area contributed by atoms with Crippen molar-refractivity contribution in [3.8, 4) is 0 Å². The third kappa shape index (κ3) is 2.44. The molecule has 0 aromatic heterocycles. The van der Waals surface area contributed by atoms with E-state index in [2.05, 4.69) is 47.4 Å². The number of nitrogens with zero attached hydrogens (tertiary/aromatic N) is 1. The summed E-state index contributed by atoms with van der Waals surface area (Å²) in [5, 5.41) is 2.59. The molecular weight excluding hydrogens is 248 g/mol.